The van der Waals surface area contributed by atoms with Crippen LogP contribution < -0.4 is 9.04 Å². The maximum atomic E-state index is 14.5. The van der Waals surface area contributed by atoms with Gasteiger partial charge in [-0.1, -0.05) is 12.1 Å². The highest BCUT2D eigenvalue weighted by Gasteiger charge is 2.40. The minimum atomic E-state index is -4.79. The summed E-state index contributed by atoms with van der Waals surface area (Å²) in [6, 6.07) is 10.1. The summed E-state index contributed by atoms with van der Waals surface area (Å²) >= 11 is 0. The smallest absolute Gasteiger partial charge is 0.416 e. The molecule has 0 saturated carbocycles. The van der Waals surface area contributed by atoms with Crippen molar-refractivity contribution in [1.82, 2.24) is 0 Å². The van der Waals surface area contributed by atoms with Crippen LogP contribution in [0.25, 0.3) is 11.1 Å². The lowest BCUT2D eigenvalue weighted by Gasteiger charge is -2.38. The third-order valence-corrected chi connectivity index (χ3v) is 8.13. The highest BCUT2D eigenvalue weighted by Crippen LogP contribution is 2.43. The molecule has 0 bridgehead atoms. The molecule has 0 saturated heterocycles. The molecule has 0 aromatic heterocycles. The number of rotatable bonds is 6. The lowest BCUT2D eigenvalue weighted by Crippen LogP contribution is -2.46. The lowest BCUT2D eigenvalue weighted by atomic mass is 9.86. The molecular weight excluding hydrogens is 545 g/mol. The molecule has 0 amide bonds. The maximum Gasteiger partial charge on any atom is 0.416 e. The van der Waals surface area contributed by atoms with Crippen LogP contribution in [0.15, 0.2) is 65.6 Å². The number of methoxy groups -OCH3 is 1. The Morgan fingerprint density at radius 3 is 2.44 bits per heavy atom. The molecule has 0 N–H and O–H groups in total. The predicted molar refractivity (Wildman–Crippen MR) is 133 cm³/mol. The Hall–Kier alpha value is -3.67. The number of benzene rings is 3. The van der Waals surface area contributed by atoms with Crippen LogP contribution >= 0.6 is 0 Å². The van der Waals surface area contributed by atoms with Crippen LogP contribution in [0.3, 0.4) is 0 Å². The molecule has 3 aromatic carbocycles. The monoisotopic (exact) mass is 569 g/mol. The van der Waals surface area contributed by atoms with Crippen LogP contribution in [0.1, 0.15) is 25.8 Å². The average molecular weight is 570 g/mol. The van der Waals surface area contributed by atoms with Gasteiger partial charge in [0, 0.05) is 12.0 Å². The van der Waals surface area contributed by atoms with Gasteiger partial charge in [-0.15, -0.1) is 0 Å². The second-order valence-electron chi connectivity index (χ2n) is 9.69. The molecule has 0 unspecified atom stereocenters. The SMILES string of the molecule is COC(=O)C(C)(C)C[C@H]1CN(S(=O)(=O)c2cccc(C(F)(F)F)c2)c2cc(-c3cc(F)ccc3F)ccc2O1. The van der Waals surface area contributed by atoms with Gasteiger partial charge in [-0.05, 0) is 67.9 Å². The van der Waals surface area contributed by atoms with Gasteiger partial charge < -0.3 is 9.47 Å². The van der Waals surface area contributed by atoms with E-state index in [0.29, 0.717) is 6.07 Å². The summed E-state index contributed by atoms with van der Waals surface area (Å²) in [6.45, 7) is 2.79. The highest BCUT2D eigenvalue weighted by atomic mass is 32.2. The van der Waals surface area contributed by atoms with Crippen molar-refractivity contribution < 1.29 is 44.6 Å². The van der Waals surface area contributed by atoms with Crippen LogP contribution in [0.5, 0.6) is 5.75 Å². The number of nitrogens with zero attached hydrogens (tertiary/aromatic N) is 1. The number of halogens is 5. The van der Waals surface area contributed by atoms with Crippen molar-refractivity contribution in [1.29, 1.82) is 0 Å². The number of alkyl halides is 3. The van der Waals surface area contributed by atoms with Crippen molar-refractivity contribution in [3.8, 4) is 16.9 Å². The van der Waals surface area contributed by atoms with Crippen molar-refractivity contribution >= 4 is 21.7 Å². The summed E-state index contributed by atoms with van der Waals surface area (Å²) in [4.78, 5) is 11.6. The Kier molecular flexibility index (Phi) is 7.37. The molecule has 1 aliphatic heterocycles. The zero-order valence-corrected chi connectivity index (χ0v) is 21.9. The van der Waals surface area contributed by atoms with E-state index in [1.165, 1.54) is 25.3 Å². The molecule has 1 atom stereocenters. The molecular formula is C27H24F5NO5S. The van der Waals surface area contributed by atoms with E-state index < -0.39 is 55.8 Å². The van der Waals surface area contributed by atoms with Crippen molar-refractivity contribution in [2.45, 2.75) is 37.4 Å². The van der Waals surface area contributed by atoms with Crippen molar-refractivity contribution in [2.24, 2.45) is 5.41 Å². The Bertz CT molecular complexity index is 1520. The number of carbonyl (C=O) groups excluding carboxylic acids is 1. The summed E-state index contributed by atoms with van der Waals surface area (Å²) in [5.74, 6) is -2.03. The van der Waals surface area contributed by atoms with Crippen molar-refractivity contribution in [2.75, 3.05) is 18.0 Å². The molecule has 4 rings (SSSR count). The number of fused-ring (bicyclic) bond motifs is 1. The zero-order valence-electron chi connectivity index (χ0n) is 21.1. The van der Waals surface area contributed by atoms with E-state index >= 15 is 0 Å². The van der Waals surface area contributed by atoms with E-state index in [4.69, 9.17) is 9.47 Å². The van der Waals surface area contributed by atoms with Crippen molar-refractivity contribution in [3.05, 3.63) is 77.9 Å². The minimum absolute atomic E-state index is 0.00794. The minimum Gasteiger partial charge on any atom is -0.486 e. The molecule has 39 heavy (non-hydrogen) atoms. The number of esters is 1. The fourth-order valence-corrected chi connectivity index (χ4v) is 5.97. The van der Waals surface area contributed by atoms with Gasteiger partial charge in [0.25, 0.3) is 10.0 Å². The quantitative estimate of drug-likeness (QED) is 0.261. The molecule has 0 spiro atoms. The standard InChI is InChI=1S/C27H24F5NO5S/c1-26(2,25(34)37-3)14-19-15-33(39(35,36)20-6-4-5-17(12-20)27(30,31)32)23-11-16(7-10-24(23)38-19)21-13-18(28)8-9-22(21)29/h4-13,19H,14-15H2,1-3H3/t19-/m0/s1. The molecule has 0 fully saturated rings. The molecule has 6 nitrogen and oxygen atoms in total. The molecule has 3 aromatic rings. The zero-order chi connectivity index (χ0) is 28.8. The fourth-order valence-electron chi connectivity index (χ4n) is 4.42. The average Bonchev–Trinajstić information content (AvgIpc) is 2.88. The third kappa shape index (κ3) is 5.70. The first-order chi connectivity index (χ1) is 18.1. The van der Waals surface area contributed by atoms with Crippen molar-refractivity contribution in [3.63, 3.8) is 0 Å². The second-order valence-corrected chi connectivity index (χ2v) is 11.6. The van der Waals surface area contributed by atoms with Gasteiger partial charge in [0.1, 0.15) is 23.5 Å². The number of hydrogen-bond acceptors (Lipinski definition) is 5. The number of ether oxygens (including phenoxy) is 2. The largest absolute Gasteiger partial charge is 0.486 e. The van der Waals surface area contributed by atoms with E-state index in [0.717, 1.165) is 40.7 Å². The Morgan fingerprint density at radius 1 is 1.05 bits per heavy atom. The number of anilines is 1. The normalized spacial score (nSPS) is 15.9. The fraction of sp³-hybridized carbons (Fsp3) is 0.296. The number of carbonyl (C=O) groups is 1. The Balaban J connectivity index is 1.85. The van der Waals surface area contributed by atoms with Gasteiger partial charge in [0.2, 0.25) is 0 Å². The predicted octanol–water partition coefficient (Wildman–Crippen LogP) is 6.20. The van der Waals surface area contributed by atoms with E-state index in [1.54, 1.807) is 13.8 Å². The Morgan fingerprint density at radius 2 is 1.77 bits per heavy atom. The molecule has 12 heteroatoms. The summed E-state index contributed by atoms with van der Waals surface area (Å²) in [5.41, 5.74) is -2.36. The summed E-state index contributed by atoms with van der Waals surface area (Å²) in [7, 11) is -3.41. The van der Waals surface area contributed by atoms with E-state index in [-0.39, 0.29) is 35.5 Å². The lowest BCUT2D eigenvalue weighted by molar-refractivity contribution is -0.152. The first-order valence-electron chi connectivity index (χ1n) is 11.7. The van der Waals surface area contributed by atoms with Gasteiger partial charge >= 0.3 is 12.1 Å². The number of hydrogen-bond donors (Lipinski definition) is 0. The van der Waals surface area contributed by atoms with Crippen LogP contribution in [0.4, 0.5) is 27.6 Å². The van der Waals surface area contributed by atoms with Crippen LogP contribution in [0.2, 0.25) is 0 Å². The highest BCUT2D eigenvalue weighted by molar-refractivity contribution is 7.92. The summed E-state index contributed by atoms with van der Waals surface area (Å²) < 4.78 is 108. The molecule has 0 radical (unpaired) electrons. The summed E-state index contributed by atoms with van der Waals surface area (Å²) in [6.07, 6.45) is -5.68. The first-order valence-corrected chi connectivity index (χ1v) is 13.1. The van der Waals surface area contributed by atoms with E-state index in [1.807, 2.05) is 0 Å². The van der Waals surface area contributed by atoms with Gasteiger partial charge in [0.05, 0.1) is 35.2 Å². The van der Waals surface area contributed by atoms with Crippen LogP contribution in [-0.2, 0) is 25.7 Å². The van der Waals surface area contributed by atoms with Crippen LogP contribution in [0, 0.1) is 17.0 Å². The van der Waals surface area contributed by atoms with Gasteiger partial charge in [-0.3, -0.25) is 9.10 Å². The van der Waals surface area contributed by atoms with E-state index in [2.05, 4.69) is 0 Å². The summed E-state index contributed by atoms with van der Waals surface area (Å²) in [5, 5.41) is 0. The van der Waals surface area contributed by atoms with E-state index in [9.17, 15) is 35.2 Å². The molecule has 1 aliphatic rings. The van der Waals surface area contributed by atoms with Gasteiger partial charge in [0.15, 0.2) is 0 Å². The topological polar surface area (TPSA) is 72.9 Å². The Labute approximate surface area is 222 Å². The second kappa shape index (κ2) is 10.1. The third-order valence-electron chi connectivity index (χ3n) is 6.36. The maximum absolute atomic E-state index is 14.5. The molecule has 208 valence electrons. The number of sulfonamides is 1. The van der Waals surface area contributed by atoms with Gasteiger partial charge in [-0.2, -0.15) is 13.2 Å². The first kappa shape index (κ1) is 28.3. The molecule has 0 aliphatic carbocycles. The molecule has 1 heterocycles. The van der Waals surface area contributed by atoms with Gasteiger partial charge in [-0.25, -0.2) is 17.2 Å². The van der Waals surface area contributed by atoms with Crippen LogP contribution in [-0.4, -0.2) is 34.1 Å².